The average Bonchev–Trinajstić information content (AvgIpc) is 3.38. The molecule has 1 aliphatic carbocycles. The zero-order chi connectivity index (χ0) is 57.3. The molecule has 1 unspecified atom stereocenters. The molecule has 11 N–H and O–H groups in total. The Kier molecular flexibility index (Phi) is 40.1. The molecule has 0 spiro atoms. The van der Waals surface area contributed by atoms with E-state index in [1.54, 1.807) is 24.3 Å². The summed E-state index contributed by atoms with van der Waals surface area (Å²) in [6.45, 7) is 2.48. The number of aliphatic carboxylic acids is 1. The van der Waals surface area contributed by atoms with Gasteiger partial charge in [-0.3, -0.25) is 28.0 Å². The predicted octanol–water partition coefficient (Wildman–Crippen LogP) is 7.82. The molecule has 1 fully saturated rings. The number of allylic oxidation sites excluding steroid dienone is 17. The Labute approximate surface area is 459 Å². The highest BCUT2D eigenvalue weighted by molar-refractivity contribution is 8.00. The first kappa shape index (κ1) is 71.4. The van der Waals surface area contributed by atoms with Crippen molar-refractivity contribution in [1.82, 2.24) is 0 Å². The SMILES string of the molecule is CC/C=C\C/C=C\C/C=C\C/C=C\C/C=C\CCCCCC(=O)OC[C@H](COP(=O)(O)O[C@H]1[C@H](O)[C@@H](O)[C@H](O)[C@@H](O)[C@H]1OP(=O)(O)O)OC(=O)[C@@H](N)CS[C@H](/C=C/C=C/C=C\C/C=C\CCCCC)[C@@H](O)CCCC(=O)O. The van der Waals surface area contributed by atoms with Crippen molar-refractivity contribution in [3.8, 4) is 0 Å². The molecule has 0 bridgehead atoms. The van der Waals surface area contributed by atoms with E-state index >= 15 is 0 Å². The van der Waals surface area contributed by atoms with Gasteiger partial charge in [-0.25, -0.2) is 9.13 Å². The van der Waals surface area contributed by atoms with E-state index in [9.17, 15) is 63.7 Å². The number of aliphatic hydroxyl groups is 5. The van der Waals surface area contributed by atoms with Crippen molar-refractivity contribution in [3.05, 3.63) is 109 Å². The van der Waals surface area contributed by atoms with Gasteiger partial charge in [0, 0.05) is 23.8 Å². The number of hydrogen-bond donors (Lipinski definition) is 10. The first-order valence-corrected chi connectivity index (χ1v) is 30.4. The van der Waals surface area contributed by atoms with Gasteiger partial charge < -0.3 is 60.5 Å². The van der Waals surface area contributed by atoms with Crippen molar-refractivity contribution in [1.29, 1.82) is 0 Å². The molecule has 0 saturated heterocycles. The third-order valence-corrected chi connectivity index (χ3v) is 14.2. The summed E-state index contributed by atoms with van der Waals surface area (Å²) in [4.78, 5) is 66.8. The number of esters is 2. The quantitative estimate of drug-likeness (QED) is 0.00914. The number of thioether (sulfide) groups is 1. The predicted molar refractivity (Wildman–Crippen MR) is 297 cm³/mol. The Hall–Kier alpha value is -3.60. The zero-order valence-corrected chi connectivity index (χ0v) is 47.1. The molecule has 0 aromatic heterocycles. The summed E-state index contributed by atoms with van der Waals surface area (Å²) >= 11 is 1.07. The summed E-state index contributed by atoms with van der Waals surface area (Å²) in [5.74, 6) is -3.00. The van der Waals surface area contributed by atoms with E-state index in [0.29, 0.717) is 12.8 Å². The Morgan fingerprint density at radius 3 is 1.71 bits per heavy atom. The number of aliphatic hydroxyl groups excluding tert-OH is 5. The molecular weight excluding hydrogens is 1060 g/mol. The van der Waals surface area contributed by atoms with E-state index in [4.69, 9.17) is 29.4 Å². The molecule has 1 rings (SSSR count). The lowest BCUT2D eigenvalue weighted by Gasteiger charge is -2.43. The molecule has 0 aromatic rings. The van der Waals surface area contributed by atoms with Crippen molar-refractivity contribution in [2.75, 3.05) is 19.0 Å². The third kappa shape index (κ3) is 36.3. The Bertz CT molecular complexity index is 2020. The van der Waals surface area contributed by atoms with E-state index < -0.39 is 107 Å². The fraction of sp³-hybridized carbons (Fsp3) is 0.611. The van der Waals surface area contributed by atoms with Crippen molar-refractivity contribution in [2.24, 2.45) is 5.73 Å². The maximum absolute atomic E-state index is 13.4. The maximum Gasteiger partial charge on any atom is 0.472 e. The highest BCUT2D eigenvalue weighted by Gasteiger charge is 2.54. The highest BCUT2D eigenvalue weighted by Crippen LogP contribution is 2.50. The Morgan fingerprint density at radius 1 is 0.623 bits per heavy atom. The minimum Gasteiger partial charge on any atom is -0.481 e. The number of carboxylic acid groups (broad SMARTS) is 1. The molecule has 0 radical (unpaired) electrons. The third-order valence-electron chi connectivity index (χ3n) is 11.3. The van der Waals surface area contributed by atoms with Crippen LogP contribution < -0.4 is 5.73 Å². The second-order valence-electron chi connectivity index (χ2n) is 18.1. The molecular formula is C54H87NO19P2S. The molecule has 438 valence electrons. The molecule has 1 aliphatic rings. The molecule has 77 heavy (non-hydrogen) atoms. The van der Waals surface area contributed by atoms with Gasteiger partial charge in [0.25, 0.3) is 0 Å². The molecule has 0 aliphatic heterocycles. The monoisotopic (exact) mass is 1150 g/mol. The van der Waals surface area contributed by atoms with Crippen molar-refractivity contribution in [2.45, 2.75) is 190 Å². The summed E-state index contributed by atoms with van der Waals surface area (Å²) in [5, 5.41) is 60.7. The lowest BCUT2D eigenvalue weighted by Crippen LogP contribution is -2.64. The van der Waals surface area contributed by atoms with Gasteiger partial charge in [-0.2, -0.15) is 0 Å². The number of carbonyl (C=O) groups is 3. The zero-order valence-electron chi connectivity index (χ0n) is 44.5. The van der Waals surface area contributed by atoms with Crippen molar-refractivity contribution < 1.29 is 91.9 Å². The molecule has 0 aromatic carbocycles. The van der Waals surface area contributed by atoms with Crippen molar-refractivity contribution in [3.63, 3.8) is 0 Å². The van der Waals surface area contributed by atoms with Gasteiger partial charge in [0.15, 0.2) is 6.10 Å². The van der Waals surface area contributed by atoms with E-state index in [1.807, 2.05) is 12.2 Å². The van der Waals surface area contributed by atoms with E-state index in [-0.39, 0.29) is 31.4 Å². The van der Waals surface area contributed by atoms with Crippen LogP contribution in [0.3, 0.4) is 0 Å². The lowest BCUT2D eigenvalue weighted by atomic mass is 9.85. The Morgan fingerprint density at radius 2 is 1.16 bits per heavy atom. The maximum atomic E-state index is 13.4. The van der Waals surface area contributed by atoms with Gasteiger partial charge in [-0.05, 0) is 83.5 Å². The van der Waals surface area contributed by atoms with Crippen molar-refractivity contribution >= 4 is 45.3 Å². The van der Waals surface area contributed by atoms with Gasteiger partial charge >= 0.3 is 33.6 Å². The van der Waals surface area contributed by atoms with E-state index in [2.05, 4.69) is 91.3 Å². The fourth-order valence-corrected chi connectivity index (χ4v) is 9.77. The number of phosphoric acid groups is 2. The molecule has 0 heterocycles. The molecule has 20 nitrogen and oxygen atoms in total. The number of hydrogen-bond acceptors (Lipinski definition) is 17. The number of carboxylic acids is 1. The number of unbranched alkanes of at least 4 members (excludes halogenated alkanes) is 6. The summed E-state index contributed by atoms with van der Waals surface area (Å²) in [7, 11) is -11.1. The van der Waals surface area contributed by atoms with Crippen LogP contribution in [0, 0.1) is 0 Å². The minimum absolute atomic E-state index is 0.0340. The molecule has 0 amide bonds. The number of phosphoric ester groups is 2. The van der Waals surface area contributed by atoms with Crippen LogP contribution in [-0.2, 0) is 46.6 Å². The molecule has 23 heteroatoms. The van der Waals surface area contributed by atoms with E-state index in [1.165, 1.54) is 6.42 Å². The summed E-state index contributed by atoms with van der Waals surface area (Å²) in [5.41, 5.74) is 6.21. The lowest BCUT2D eigenvalue weighted by molar-refractivity contribution is -0.216. The number of ether oxygens (including phenoxy) is 2. The number of rotatable bonds is 43. The Balaban J connectivity index is 3.01. The normalized spacial score (nSPS) is 22.2. The summed E-state index contributed by atoms with van der Waals surface area (Å²) < 4.78 is 50.0. The number of carbonyl (C=O) groups excluding carboxylic acids is 2. The van der Waals surface area contributed by atoms with Crippen LogP contribution in [0.2, 0.25) is 0 Å². The smallest absolute Gasteiger partial charge is 0.472 e. The van der Waals surface area contributed by atoms with Gasteiger partial charge in [0.05, 0.1) is 12.7 Å². The van der Waals surface area contributed by atoms with Gasteiger partial charge in [0.1, 0.15) is 49.3 Å². The summed E-state index contributed by atoms with van der Waals surface area (Å²) in [6.07, 6.45) is 32.0. The average molecular weight is 1150 g/mol. The molecule has 1 saturated carbocycles. The first-order valence-electron chi connectivity index (χ1n) is 26.4. The standard InChI is InChI=1S/C54H87NO19P2S/c1-3-5-7-9-11-13-15-17-18-19-20-21-22-23-25-27-29-31-33-38-47(59)70-39-42(40-71-76(68,69)74-53-51(63)49(61)48(60)50(62)52(53)73-75(65,66)67)72-54(64)43(55)41-77-45(44(56)35-34-37-46(57)58)36-32-30-28-26-24-16-14-12-10-8-6-4-2/h5,7,11-14,17-18,20-21,23-26,28,30,32,36,42-45,48-53,56,60-63H,3-4,6,8-10,15-16,19,22,27,29,31,33-35,37-41,55H2,1-2H3,(H,57,58)(H,68,69)(H2,65,66,67)/b7-5-,13-11-,14-12-,18-17-,21-20-,25-23-,26-24-,30-28+,36-32+/t42-,43+,44+,45-,48+,49+,50-,51-,52-,53+/m1/s1. The number of nitrogens with two attached hydrogens (primary N) is 1. The largest absolute Gasteiger partial charge is 0.481 e. The van der Waals surface area contributed by atoms with Crippen LogP contribution in [0.1, 0.15) is 129 Å². The first-order chi connectivity index (χ1) is 36.7. The fourth-order valence-electron chi connectivity index (χ4n) is 7.12. The van der Waals surface area contributed by atoms with Gasteiger partial charge in [0.2, 0.25) is 0 Å². The van der Waals surface area contributed by atoms with Crippen LogP contribution in [0.25, 0.3) is 0 Å². The second-order valence-corrected chi connectivity index (χ2v) is 21.9. The van der Waals surface area contributed by atoms with Gasteiger partial charge in [-0.15, -0.1) is 11.8 Å². The summed E-state index contributed by atoms with van der Waals surface area (Å²) in [6, 6.07) is -1.41. The van der Waals surface area contributed by atoms with Crippen LogP contribution in [0.4, 0.5) is 0 Å². The van der Waals surface area contributed by atoms with Gasteiger partial charge in [-0.1, -0.05) is 142 Å². The second kappa shape index (κ2) is 43.2. The highest BCUT2D eigenvalue weighted by atomic mass is 32.2. The van der Waals surface area contributed by atoms with Crippen LogP contribution in [0.5, 0.6) is 0 Å². The van der Waals surface area contributed by atoms with Crippen LogP contribution in [0.15, 0.2) is 109 Å². The van der Waals surface area contributed by atoms with Crippen LogP contribution in [-0.4, -0.2) is 142 Å². The minimum atomic E-state index is -5.54. The molecule has 11 atom stereocenters. The van der Waals surface area contributed by atoms with E-state index in [0.717, 1.165) is 82.4 Å². The van der Waals surface area contributed by atoms with Crippen LogP contribution >= 0.6 is 27.4 Å². The topological polar surface area (TPSA) is 340 Å².